The second kappa shape index (κ2) is 8.23. The van der Waals surface area contributed by atoms with Crippen LogP contribution in [0.2, 0.25) is 5.02 Å². The zero-order chi connectivity index (χ0) is 18.7. The van der Waals surface area contributed by atoms with Gasteiger partial charge < -0.3 is 14.5 Å². The first-order valence-corrected chi connectivity index (χ1v) is 9.65. The molecule has 1 saturated carbocycles. The lowest BCUT2D eigenvalue weighted by atomic mass is 9.93. The van der Waals surface area contributed by atoms with Crippen LogP contribution in [-0.2, 0) is 0 Å². The summed E-state index contributed by atoms with van der Waals surface area (Å²) in [7, 11) is 0. The van der Waals surface area contributed by atoms with Crippen LogP contribution in [-0.4, -0.2) is 33.7 Å². The molecule has 1 aromatic carbocycles. The van der Waals surface area contributed by atoms with Gasteiger partial charge in [-0.2, -0.15) is 0 Å². The zero-order valence-electron chi connectivity index (χ0n) is 15.2. The first-order valence-electron chi connectivity index (χ1n) is 9.27. The Balaban J connectivity index is 1.96. The topological polar surface area (TPSA) is 66.6 Å². The van der Waals surface area contributed by atoms with Gasteiger partial charge in [0.2, 0.25) is 5.76 Å². The molecule has 2 aromatic rings. The number of halogens is 1. The average Bonchev–Trinajstić information content (AvgIpc) is 3.09. The number of aliphatic hydroxyl groups excluding tert-OH is 1. The number of hydrogen-bond acceptors (Lipinski definition) is 4. The molecule has 1 aliphatic rings. The SMILES string of the molecule is CCN(C(=O)c1onc(-c2ccc(Cl)cc2)c1C(C)O)C1CCCCC1. The molecule has 1 aliphatic carbocycles. The lowest BCUT2D eigenvalue weighted by Gasteiger charge is -2.33. The number of amides is 1. The standard InChI is InChI=1S/C20H25ClN2O3/c1-3-23(16-7-5-4-6-8-16)20(25)19-17(13(2)24)18(22-26-19)14-9-11-15(21)12-10-14/h9-13,16,24H,3-8H2,1-2H3. The van der Waals surface area contributed by atoms with Crippen molar-refractivity contribution in [3.8, 4) is 11.3 Å². The Bertz CT molecular complexity index is 749. The highest BCUT2D eigenvalue weighted by Gasteiger charge is 2.32. The van der Waals surface area contributed by atoms with Gasteiger partial charge in [-0.25, -0.2) is 0 Å². The summed E-state index contributed by atoms with van der Waals surface area (Å²) in [6.07, 6.45) is 4.68. The van der Waals surface area contributed by atoms with Crippen LogP contribution in [0.15, 0.2) is 28.8 Å². The summed E-state index contributed by atoms with van der Waals surface area (Å²) in [5, 5.41) is 15.0. The van der Waals surface area contributed by atoms with E-state index in [0.717, 1.165) is 31.2 Å². The van der Waals surface area contributed by atoms with E-state index in [1.807, 2.05) is 11.8 Å². The van der Waals surface area contributed by atoms with Crippen molar-refractivity contribution in [3.63, 3.8) is 0 Å². The van der Waals surface area contributed by atoms with Crippen LogP contribution < -0.4 is 0 Å². The molecule has 1 unspecified atom stereocenters. The molecule has 1 heterocycles. The Morgan fingerprint density at radius 3 is 2.54 bits per heavy atom. The number of benzene rings is 1. The minimum Gasteiger partial charge on any atom is -0.388 e. The van der Waals surface area contributed by atoms with E-state index in [-0.39, 0.29) is 17.7 Å². The van der Waals surface area contributed by atoms with E-state index >= 15 is 0 Å². The van der Waals surface area contributed by atoms with Crippen LogP contribution in [0.25, 0.3) is 11.3 Å². The molecule has 140 valence electrons. The van der Waals surface area contributed by atoms with Gasteiger partial charge in [0, 0.05) is 23.2 Å². The van der Waals surface area contributed by atoms with Crippen LogP contribution in [0.5, 0.6) is 0 Å². The molecule has 3 rings (SSSR count). The molecule has 0 bridgehead atoms. The van der Waals surface area contributed by atoms with E-state index in [1.165, 1.54) is 6.42 Å². The van der Waals surface area contributed by atoms with Crippen LogP contribution in [0, 0.1) is 0 Å². The van der Waals surface area contributed by atoms with Gasteiger partial charge in [0.25, 0.3) is 5.91 Å². The fourth-order valence-electron chi connectivity index (χ4n) is 3.75. The third-order valence-corrected chi connectivity index (χ3v) is 5.33. The number of aliphatic hydroxyl groups is 1. The summed E-state index contributed by atoms with van der Waals surface area (Å²) in [6, 6.07) is 7.34. The second-order valence-corrected chi connectivity index (χ2v) is 7.28. The summed E-state index contributed by atoms with van der Waals surface area (Å²) in [5.41, 5.74) is 1.68. The maximum absolute atomic E-state index is 13.2. The van der Waals surface area contributed by atoms with Crippen molar-refractivity contribution in [2.75, 3.05) is 6.54 Å². The monoisotopic (exact) mass is 376 g/mol. The van der Waals surface area contributed by atoms with Gasteiger partial charge >= 0.3 is 0 Å². The summed E-state index contributed by atoms with van der Waals surface area (Å²) in [4.78, 5) is 15.0. The number of hydrogen-bond donors (Lipinski definition) is 1. The lowest BCUT2D eigenvalue weighted by molar-refractivity contribution is 0.0598. The van der Waals surface area contributed by atoms with Crippen LogP contribution in [0.1, 0.15) is 68.2 Å². The van der Waals surface area contributed by atoms with Gasteiger partial charge in [-0.3, -0.25) is 4.79 Å². The Labute approximate surface area is 158 Å². The molecular weight excluding hydrogens is 352 g/mol. The summed E-state index contributed by atoms with van der Waals surface area (Å²) in [6.45, 7) is 4.21. The lowest BCUT2D eigenvalue weighted by Crippen LogP contribution is -2.41. The molecule has 1 aromatic heterocycles. The van der Waals surface area contributed by atoms with Crippen molar-refractivity contribution in [1.82, 2.24) is 10.1 Å². The quantitative estimate of drug-likeness (QED) is 0.810. The van der Waals surface area contributed by atoms with Gasteiger partial charge in [-0.15, -0.1) is 0 Å². The molecule has 1 atom stereocenters. The maximum Gasteiger partial charge on any atom is 0.293 e. The molecule has 5 nitrogen and oxygen atoms in total. The van der Waals surface area contributed by atoms with Gasteiger partial charge in [-0.05, 0) is 38.8 Å². The van der Waals surface area contributed by atoms with E-state index in [2.05, 4.69) is 5.16 Å². The third kappa shape index (κ3) is 3.79. The molecule has 0 spiro atoms. The normalized spacial score (nSPS) is 16.5. The first-order chi connectivity index (χ1) is 12.5. The van der Waals surface area contributed by atoms with E-state index in [9.17, 15) is 9.90 Å². The number of aromatic nitrogens is 1. The van der Waals surface area contributed by atoms with Crippen LogP contribution >= 0.6 is 11.6 Å². The minimum absolute atomic E-state index is 0.136. The summed E-state index contributed by atoms with van der Waals surface area (Å²) in [5.74, 6) is -0.0552. The molecule has 1 amide bonds. The molecule has 0 aliphatic heterocycles. The largest absolute Gasteiger partial charge is 0.388 e. The van der Waals surface area contributed by atoms with Crippen molar-refractivity contribution in [2.24, 2.45) is 0 Å². The smallest absolute Gasteiger partial charge is 0.293 e. The van der Waals surface area contributed by atoms with E-state index in [4.69, 9.17) is 16.1 Å². The molecular formula is C20H25ClN2O3. The summed E-state index contributed by atoms with van der Waals surface area (Å²) >= 11 is 5.95. The van der Waals surface area contributed by atoms with Crippen molar-refractivity contribution in [3.05, 3.63) is 40.6 Å². The van der Waals surface area contributed by atoms with Gasteiger partial charge in [0.15, 0.2) is 0 Å². The Morgan fingerprint density at radius 2 is 1.96 bits per heavy atom. The maximum atomic E-state index is 13.2. The van der Waals surface area contributed by atoms with E-state index in [0.29, 0.717) is 22.8 Å². The second-order valence-electron chi connectivity index (χ2n) is 6.84. The average molecular weight is 377 g/mol. The minimum atomic E-state index is -0.865. The number of carbonyl (C=O) groups excluding carboxylic acids is 1. The molecule has 1 N–H and O–H groups in total. The Kier molecular flexibility index (Phi) is 5.99. The fourth-order valence-corrected chi connectivity index (χ4v) is 3.87. The van der Waals surface area contributed by atoms with E-state index in [1.54, 1.807) is 31.2 Å². The highest BCUT2D eigenvalue weighted by molar-refractivity contribution is 6.30. The number of nitrogens with zero attached hydrogens (tertiary/aromatic N) is 2. The molecule has 0 saturated heterocycles. The van der Waals surface area contributed by atoms with Crippen LogP contribution in [0.4, 0.5) is 0 Å². The van der Waals surface area contributed by atoms with Crippen molar-refractivity contribution < 1.29 is 14.4 Å². The predicted octanol–water partition coefficient (Wildman–Crippen LogP) is 4.84. The fraction of sp³-hybridized carbons (Fsp3) is 0.500. The number of carbonyl (C=O) groups is 1. The van der Waals surface area contributed by atoms with Gasteiger partial charge in [-0.1, -0.05) is 48.2 Å². The van der Waals surface area contributed by atoms with Gasteiger partial charge in [0.05, 0.1) is 11.7 Å². The van der Waals surface area contributed by atoms with E-state index < -0.39 is 6.10 Å². The zero-order valence-corrected chi connectivity index (χ0v) is 16.0. The highest BCUT2D eigenvalue weighted by atomic mass is 35.5. The summed E-state index contributed by atoms with van der Waals surface area (Å²) < 4.78 is 5.44. The molecule has 1 fully saturated rings. The Morgan fingerprint density at radius 1 is 1.31 bits per heavy atom. The highest BCUT2D eigenvalue weighted by Crippen LogP contribution is 2.33. The Hall–Kier alpha value is -1.85. The van der Waals surface area contributed by atoms with Gasteiger partial charge in [0.1, 0.15) is 5.69 Å². The van der Waals surface area contributed by atoms with Crippen molar-refractivity contribution in [1.29, 1.82) is 0 Å². The number of rotatable bonds is 5. The van der Waals surface area contributed by atoms with Crippen molar-refractivity contribution >= 4 is 17.5 Å². The van der Waals surface area contributed by atoms with Crippen molar-refractivity contribution in [2.45, 2.75) is 58.1 Å². The molecule has 0 radical (unpaired) electrons. The predicted molar refractivity (Wildman–Crippen MR) is 101 cm³/mol. The van der Waals surface area contributed by atoms with Crippen LogP contribution in [0.3, 0.4) is 0 Å². The third-order valence-electron chi connectivity index (χ3n) is 5.07. The molecule has 26 heavy (non-hydrogen) atoms. The first kappa shape index (κ1) is 18.9. The molecule has 6 heteroatoms.